The minimum atomic E-state index is -0.610. The summed E-state index contributed by atoms with van der Waals surface area (Å²) in [4.78, 5) is 0. The van der Waals surface area contributed by atoms with Gasteiger partial charge in [0, 0.05) is 0 Å². The van der Waals surface area contributed by atoms with Crippen molar-refractivity contribution in [2.75, 3.05) is 0 Å². The maximum atomic E-state index is 10.8. The second-order valence-electron chi connectivity index (χ2n) is 7.12. The van der Waals surface area contributed by atoms with Crippen molar-refractivity contribution in [3.63, 3.8) is 0 Å². The van der Waals surface area contributed by atoms with Gasteiger partial charge in [0.25, 0.3) is 0 Å². The molecule has 0 atom stereocenters. The summed E-state index contributed by atoms with van der Waals surface area (Å²) in [6, 6.07) is 0. The largest absolute Gasteiger partial charge is 0.389 e. The lowest BCUT2D eigenvalue weighted by molar-refractivity contribution is -0.141. The van der Waals surface area contributed by atoms with Crippen molar-refractivity contribution in [3.8, 4) is 0 Å². The molecule has 0 amide bonds. The van der Waals surface area contributed by atoms with Crippen LogP contribution in [-0.2, 0) is 4.74 Å². The molecule has 0 saturated carbocycles. The summed E-state index contributed by atoms with van der Waals surface area (Å²) in [5, 5.41) is 10.8. The molecule has 0 saturated heterocycles. The van der Waals surface area contributed by atoms with E-state index in [4.69, 9.17) is 4.74 Å². The van der Waals surface area contributed by atoms with Gasteiger partial charge in [-0.05, 0) is 51.4 Å². The molecule has 0 aromatic rings. The summed E-state index contributed by atoms with van der Waals surface area (Å²) < 4.78 is 6.25. The molecule has 0 aliphatic heterocycles. The highest BCUT2D eigenvalue weighted by atomic mass is 16.5. The van der Waals surface area contributed by atoms with Gasteiger partial charge in [0.15, 0.2) is 0 Å². The Kier molecular flexibility index (Phi) is 7.05. The minimum Gasteiger partial charge on any atom is -0.389 e. The fourth-order valence-corrected chi connectivity index (χ4v) is 3.38. The standard InChI is InChI=1S/C17H36O2/c1-9-14(10-2)19-16(7,8)13-15(5,6)17(18,11-3)12-4/h14,18H,9-13H2,1-8H3. The third-order valence-electron chi connectivity index (χ3n) is 4.69. The molecule has 0 unspecified atom stereocenters. The maximum absolute atomic E-state index is 10.8. The minimum absolute atomic E-state index is 0.147. The molecule has 0 fully saturated rings. The van der Waals surface area contributed by atoms with Gasteiger partial charge in [-0.2, -0.15) is 0 Å². The Labute approximate surface area is 120 Å². The molecule has 0 aliphatic carbocycles. The van der Waals surface area contributed by atoms with Crippen LogP contribution in [0, 0.1) is 5.41 Å². The fourth-order valence-electron chi connectivity index (χ4n) is 3.38. The highest BCUT2D eigenvalue weighted by Gasteiger charge is 2.44. The molecule has 0 aliphatic rings. The first-order valence-electron chi connectivity index (χ1n) is 7.97. The van der Waals surface area contributed by atoms with E-state index in [0.29, 0.717) is 6.10 Å². The maximum Gasteiger partial charge on any atom is 0.0694 e. The van der Waals surface area contributed by atoms with Crippen LogP contribution in [0.1, 0.15) is 87.5 Å². The predicted octanol–water partition coefficient (Wildman–Crippen LogP) is 4.94. The Morgan fingerprint density at radius 2 is 1.32 bits per heavy atom. The van der Waals surface area contributed by atoms with Gasteiger partial charge in [-0.1, -0.05) is 41.5 Å². The van der Waals surface area contributed by atoms with Crippen molar-refractivity contribution in [1.82, 2.24) is 0 Å². The van der Waals surface area contributed by atoms with E-state index in [1.165, 1.54) is 0 Å². The molecule has 0 heterocycles. The lowest BCUT2D eigenvalue weighted by atomic mass is 9.66. The molecule has 116 valence electrons. The zero-order chi connectivity index (χ0) is 15.3. The van der Waals surface area contributed by atoms with E-state index >= 15 is 0 Å². The lowest BCUT2D eigenvalue weighted by Crippen LogP contribution is -2.48. The molecule has 19 heavy (non-hydrogen) atoms. The topological polar surface area (TPSA) is 29.5 Å². The number of aliphatic hydroxyl groups is 1. The molecular weight excluding hydrogens is 236 g/mol. The summed E-state index contributed by atoms with van der Waals surface area (Å²) in [6.07, 6.45) is 4.87. The van der Waals surface area contributed by atoms with Gasteiger partial charge in [0.2, 0.25) is 0 Å². The second-order valence-corrected chi connectivity index (χ2v) is 7.12. The van der Waals surface area contributed by atoms with Crippen molar-refractivity contribution in [2.45, 2.75) is 105 Å². The van der Waals surface area contributed by atoms with Gasteiger partial charge in [-0.3, -0.25) is 0 Å². The van der Waals surface area contributed by atoms with Gasteiger partial charge in [-0.25, -0.2) is 0 Å². The van der Waals surface area contributed by atoms with Crippen molar-refractivity contribution in [1.29, 1.82) is 0 Å². The van der Waals surface area contributed by atoms with Crippen molar-refractivity contribution in [2.24, 2.45) is 5.41 Å². The zero-order valence-electron chi connectivity index (χ0n) is 14.5. The Morgan fingerprint density at radius 1 is 0.895 bits per heavy atom. The highest BCUT2D eigenvalue weighted by Crippen LogP contribution is 2.43. The van der Waals surface area contributed by atoms with Crippen LogP contribution in [0.15, 0.2) is 0 Å². The highest BCUT2D eigenvalue weighted by molar-refractivity contribution is 4.95. The second kappa shape index (κ2) is 7.08. The van der Waals surface area contributed by atoms with Crippen LogP contribution in [0.25, 0.3) is 0 Å². The van der Waals surface area contributed by atoms with Crippen LogP contribution in [0.2, 0.25) is 0 Å². The molecule has 2 nitrogen and oxygen atoms in total. The normalized spacial score (nSPS) is 14.2. The number of ether oxygens (including phenoxy) is 1. The molecule has 0 radical (unpaired) electrons. The van der Waals surface area contributed by atoms with E-state index in [2.05, 4.69) is 55.4 Å². The Hall–Kier alpha value is -0.0800. The Balaban J connectivity index is 4.88. The van der Waals surface area contributed by atoms with E-state index in [0.717, 1.165) is 32.1 Å². The average molecular weight is 272 g/mol. The summed E-state index contributed by atoms with van der Waals surface area (Å²) in [7, 11) is 0. The van der Waals surface area contributed by atoms with E-state index in [-0.39, 0.29) is 11.0 Å². The molecule has 1 N–H and O–H groups in total. The van der Waals surface area contributed by atoms with Gasteiger partial charge in [-0.15, -0.1) is 0 Å². The summed E-state index contributed by atoms with van der Waals surface area (Å²) in [5.74, 6) is 0. The smallest absolute Gasteiger partial charge is 0.0694 e. The van der Waals surface area contributed by atoms with Crippen molar-refractivity contribution < 1.29 is 9.84 Å². The van der Waals surface area contributed by atoms with Crippen molar-refractivity contribution >= 4 is 0 Å². The number of hydrogen-bond acceptors (Lipinski definition) is 2. The van der Waals surface area contributed by atoms with E-state index in [9.17, 15) is 5.11 Å². The van der Waals surface area contributed by atoms with Crippen molar-refractivity contribution in [3.05, 3.63) is 0 Å². The summed E-state index contributed by atoms with van der Waals surface area (Å²) in [6.45, 7) is 17.1. The third-order valence-corrected chi connectivity index (χ3v) is 4.69. The predicted molar refractivity (Wildman–Crippen MR) is 83.5 cm³/mol. The van der Waals surface area contributed by atoms with Crippen LogP contribution in [0.4, 0.5) is 0 Å². The molecule has 0 bridgehead atoms. The average Bonchev–Trinajstić information content (AvgIpc) is 2.33. The van der Waals surface area contributed by atoms with E-state index in [1.54, 1.807) is 0 Å². The SMILES string of the molecule is CCC(CC)OC(C)(C)CC(C)(C)C(O)(CC)CC. The molecule has 0 aromatic heterocycles. The van der Waals surface area contributed by atoms with Gasteiger partial charge in [0.05, 0.1) is 17.3 Å². The lowest BCUT2D eigenvalue weighted by Gasteiger charge is -2.46. The molecule has 2 heteroatoms. The molecule has 0 spiro atoms. The van der Waals surface area contributed by atoms with Crippen LogP contribution in [-0.4, -0.2) is 22.4 Å². The van der Waals surface area contributed by atoms with Crippen LogP contribution in [0.3, 0.4) is 0 Å². The number of hydrogen-bond donors (Lipinski definition) is 1. The van der Waals surface area contributed by atoms with Gasteiger partial charge < -0.3 is 9.84 Å². The van der Waals surface area contributed by atoms with Gasteiger partial charge in [0.1, 0.15) is 0 Å². The Bertz CT molecular complexity index is 248. The first-order valence-corrected chi connectivity index (χ1v) is 7.97. The third kappa shape index (κ3) is 5.07. The molecular formula is C17H36O2. The molecule has 0 rings (SSSR count). The molecule has 0 aromatic carbocycles. The fraction of sp³-hybridized carbons (Fsp3) is 1.00. The quantitative estimate of drug-likeness (QED) is 0.644. The summed E-state index contributed by atoms with van der Waals surface area (Å²) in [5.41, 5.74) is -0.952. The van der Waals surface area contributed by atoms with Crippen LogP contribution in [0.5, 0.6) is 0 Å². The summed E-state index contributed by atoms with van der Waals surface area (Å²) >= 11 is 0. The van der Waals surface area contributed by atoms with Gasteiger partial charge >= 0.3 is 0 Å². The van der Waals surface area contributed by atoms with Crippen LogP contribution >= 0.6 is 0 Å². The monoisotopic (exact) mass is 272 g/mol. The number of rotatable bonds is 9. The Morgan fingerprint density at radius 3 is 1.63 bits per heavy atom. The van der Waals surface area contributed by atoms with E-state index in [1.807, 2.05) is 0 Å². The zero-order valence-corrected chi connectivity index (χ0v) is 14.5. The first kappa shape index (κ1) is 18.9. The van der Waals surface area contributed by atoms with E-state index < -0.39 is 5.60 Å². The van der Waals surface area contributed by atoms with Crippen LogP contribution < -0.4 is 0 Å². The first-order chi connectivity index (χ1) is 8.57.